The molecular formula is C13H19N3O3S. The van der Waals surface area contributed by atoms with E-state index < -0.39 is 10.0 Å². The van der Waals surface area contributed by atoms with E-state index >= 15 is 0 Å². The van der Waals surface area contributed by atoms with E-state index in [0.29, 0.717) is 12.3 Å². The molecule has 0 saturated carbocycles. The molecule has 2 aromatic heterocycles. The van der Waals surface area contributed by atoms with E-state index in [9.17, 15) is 8.42 Å². The first-order valence-electron chi connectivity index (χ1n) is 6.27. The van der Waals surface area contributed by atoms with E-state index in [1.165, 1.54) is 17.5 Å². The van der Waals surface area contributed by atoms with Gasteiger partial charge in [-0.2, -0.15) is 4.31 Å². The van der Waals surface area contributed by atoms with Crippen LogP contribution in [0, 0.1) is 6.92 Å². The minimum atomic E-state index is -3.51. The zero-order chi connectivity index (χ0) is 14.8. The maximum atomic E-state index is 12.4. The van der Waals surface area contributed by atoms with Gasteiger partial charge in [0.15, 0.2) is 0 Å². The minimum absolute atomic E-state index is 0.211. The molecule has 2 heterocycles. The van der Waals surface area contributed by atoms with Crippen LogP contribution in [0.25, 0.3) is 0 Å². The van der Waals surface area contributed by atoms with Crippen LogP contribution in [0.4, 0.5) is 0 Å². The van der Waals surface area contributed by atoms with Crippen LogP contribution in [-0.2, 0) is 23.1 Å². The topological polar surface area (TPSA) is 78.3 Å². The SMILES string of the molecule is CNCc1cc(S(=O)(=O)N(C)Cc2ccc(C)o2)c[nH]1. The number of aromatic amines is 1. The molecule has 2 N–H and O–H groups in total. The van der Waals surface area contributed by atoms with Crippen molar-refractivity contribution in [1.29, 1.82) is 0 Å². The summed E-state index contributed by atoms with van der Waals surface area (Å²) in [6.07, 6.45) is 1.51. The van der Waals surface area contributed by atoms with Crippen LogP contribution in [0.1, 0.15) is 17.2 Å². The standard InChI is InChI=1S/C13H19N3O3S/c1-10-4-5-12(19-10)9-16(3)20(17,18)13-6-11(7-14-2)15-8-13/h4-6,8,14-15H,7,9H2,1-3H3. The molecule has 0 saturated heterocycles. The number of aromatic nitrogens is 1. The fourth-order valence-corrected chi connectivity index (χ4v) is 3.07. The van der Waals surface area contributed by atoms with Gasteiger partial charge in [0.1, 0.15) is 11.5 Å². The predicted octanol–water partition coefficient (Wildman–Crippen LogP) is 1.46. The lowest BCUT2D eigenvalue weighted by Gasteiger charge is -2.14. The number of aryl methyl sites for hydroxylation is 1. The minimum Gasteiger partial charge on any atom is -0.465 e. The molecule has 0 aliphatic heterocycles. The summed E-state index contributed by atoms with van der Waals surface area (Å²) in [6, 6.07) is 5.23. The Balaban J connectivity index is 2.15. The molecule has 0 unspecified atom stereocenters. The monoisotopic (exact) mass is 297 g/mol. The highest BCUT2D eigenvalue weighted by Gasteiger charge is 2.23. The quantitative estimate of drug-likeness (QED) is 0.846. The second-order valence-corrected chi connectivity index (χ2v) is 6.71. The van der Waals surface area contributed by atoms with Crippen LogP contribution >= 0.6 is 0 Å². The highest BCUT2D eigenvalue weighted by atomic mass is 32.2. The highest BCUT2D eigenvalue weighted by molar-refractivity contribution is 7.89. The van der Waals surface area contributed by atoms with Crippen molar-refractivity contribution in [3.63, 3.8) is 0 Å². The Labute approximate surface area is 118 Å². The number of rotatable bonds is 6. The van der Waals surface area contributed by atoms with Crippen LogP contribution in [0.5, 0.6) is 0 Å². The molecular weight excluding hydrogens is 278 g/mol. The molecule has 0 fully saturated rings. The summed E-state index contributed by atoms with van der Waals surface area (Å²) < 4.78 is 31.5. The van der Waals surface area contributed by atoms with Crippen LogP contribution in [0.3, 0.4) is 0 Å². The van der Waals surface area contributed by atoms with Gasteiger partial charge >= 0.3 is 0 Å². The van der Waals surface area contributed by atoms with Gasteiger partial charge in [0.2, 0.25) is 10.0 Å². The zero-order valence-electron chi connectivity index (χ0n) is 11.8. The van der Waals surface area contributed by atoms with Crippen molar-refractivity contribution in [2.75, 3.05) is 14.1 Å². The Morgan fingerprint density at radius 3 is 2.75 bits per heavy atom. The largest absolute Gasteiger partial charge is 0.465 e. The lowest BCUT2D eigenvalue weighted by molar-refractivity contribution is 0.397. The molecule has 0 amide bonds. The summed E-state index contributed by atoms with van der Waals surface area (Å²) in [5, 5.41) is 2.97. The maximum Gasteiger partial charge on any atom is 0.244 e. The molecule has 110 valence electrons. The summed E-state index contributed by atoms with van der Waals surface area (Å²) in [7, 11) is -0.166. The van der Waals surface area contributed by atoms with Gasteiger partial charge < -0.3 is 14.7 Å². The van der Waals surface area contributed by atoms with E-state index in [1.807, 2.05) is 13.0 Å². The number of hydrogen-bond donors (Lipinski definition) is 2. The van der Waals surface area contributed by atoms with Crippen LogP contribution in [0.15, 0.2) is 33.7 Å². The molecule has 0 aliphatic rings. The number of hydrogen-bond acceptors (Lipinski definition) is 4. The van der Waals surface area contributed by atoms with Gasteiger partial charge in [-0.1, -0.05) is 0 Å². The van der Waals surface area contributed by atoms with Crippen LogP contribution in [-0.4, -0.2) is 31.8 Å². The van der Waals surface area contributed by atoms with E-state index in [4.69, 9.17) is 4.42 Å². The molecule has 2 aromatic rings. The van der Waals surface area contributed by atoms with E-state index in [-0.39, 0.29) is 11.4 Å². The van der Waals surface area contributed by atoms with Gasteiger partial charge in [0.25, 0.3) is 0 Å². The number of nitrogens with one attached hydrogen (secondary N) is 2. The number of nitrogens with zero attached hydrogens (tertiary/aromatic N) is 1. The van der Waals surface area contributed by atoms with Gasteiger partial charge in [-0.3, -0.25) is 0 Å². The van der Waals surface area contributed by atoms with Gasteiger partial charge in [0, 0.05) is 25.5 Å². The predicted molar refractivity (Wildman–Crippen MR) is 75.7 cm³/mol. The van der Waals surface area contributed by atoms with Crippen LogP contribution in [0.2, 0.25) is 0 Å². The Hall–Kier alpha value is -1.57. The lowest BCUT2D eigenvalue weighted by atomic mass is 10.4. The Morgan fingerprint density at radius 1 is 1.40 bits per heavy atom. The van der Waals surface area contributed by atoms with Crippen molar-refractivity contribution in [3.05, 3.63) is 41.6 Å². The molecule has 0 aromatic carbocycles. The summed E-state index contributed by atoms with van der Waals surface area (Å²) in [6.45, 7) is 2.63. The summed E-state index contributed by atoms with van der Waals surface area (Å²) in [5.41, 5.74) is 0.827. The first-order valence-corrected chi connectivity index (χ1v) is 7.71. The van der Waals surface area contributed by atoms with Crippen molar-refractivity contribution in [1.82, 2.24) is 14.6 Å². The molecule has 7 heteroatoms. The molecule has 0 radical (unpaired) electrons. The Kier molecular flexibility index (Phi) is 4.32. The zero-order valence-corrected chi connectivity index (χ0v) is 12.6. The molecule has 2 rings (SSSR count). The smallest absolute Gasteiger partial charge is 0.244 e. The normalized spacial score (nSPS) is 12.2. The summed E-state index contributed by atoms with van der Waals surface area (Å²) in [5.74, 6) is 1.39. The van der Waals surface area contributed by atoms with Gasteiger partial charge in [-0.15, -0.1) is 0 Å². The van der Waals surface area contributed by atoms with Crippen molar-refractivity contribution >= 4 is 10.0 Å². The molecule has 0 aliphatic carbocycles. The summed E-state index contributed by atoms with van der Waals surface area (Å²) >= 11 is 0. The average molecular weight is 297 g/mol. The van der Waals surface area contributed by atoms with Gasteiger partial charge in [0.05, 0.1) is 11.4 Å². The first-order chi connectivity index (χ1) is 9.43. The Morgan fingerprint density at radius 2 is 2.15 bits per heavy atom. The molecule has 0 bridgehead atoms. The first kappa shape index (κ1) is 14.8. The van der Waals surface area contributed by atoms with E-state index in [0.717, 1.165) is 11.5 Å². The molecule has 0 spiro atoms. The number of sulfonamides is 1. The average Bonchev–Trinajstić information content (AvgIpc) is 2.99. The number of H-pyrrole nitrogens is 1. The Bertz CT molecular complexity index is 673. The van der Waals surface area contributed by atoms with Crippen molar-refractivity contribution in [3.8, 4) is 0 Å². The second-order valence-electron chi connectivity index (χ2n) is 4.66. The van der Waals surface area contributed by atoms with Crippen molar-refractivity contribution < 1.29 is 12.8 Å². The summed E-state index contributed by atoms with van der Waals surface area (Å²) in [4.78, 5) is 3.20. The van der Waals surface area contributed by atoms with Crippen molar-refractivity contribution in [2.45, 2.75) is 24.9 Å². The maximum absolute atomic E-state index is 12.4. The van der Waals surface area contributed by atoms with E-state index in [2.05, 4.69) is 10.3 Å². The molecule has 0 atom stereocenters. The highest BCUT2D eigenvalue weighted by Crippen LogP contribution is 2.18. The van der Waals surface area contributed by atoms with Crippen molar-refractivity contribution in [2.24, 2.45) is 0 Å². The molecule has 20 heavy (non-hydrogen) atoms. The van der Waals surface area contributed by atoms with Gasteiger partial charge in [-0.25, -0.2) is 8.42 Å². The third-order valence-corrected chi connectivity index (χ3v) is 4.75. The third kappa shape index (κ3) is 3.12. The molecule has 6 nitrogen and oxygen atoms in total. The third-order valence-electron chi connectivity index (χ3n) is 2.97. The fourth-order valence-electron chi connectivity index (χ4n) is 1.91. The lowest BCUT2D eigenvalue weighted by Crippen LogP contribution is -2.26. The number of furan rings is 1. The van der Waals surface area contributed by atoms with Gasteiger partial charge in [-0.05, 0) is 32.2 Å². The van der Waals surface area contributed by atoms with Crippen LogP contribution < -0.4 is 5.32 Å². The van der Waals surface area contributed by atoms with E-state index in [1.54, 1.807) is 19.2 Å². The second kappa shape index (κ2) is 5.82. The fraction of sp³-hybridized carbons (Fsp3) is 0.385.